The summed E-state index contributed by atoms with van der Waals surface area (Å²) in [5.74, 6) is -0.476. The summed E-state index contributed by atoms with van der Waals surface area (Å²) in [5, 5.41) is 5.33. The van der Waals surface area contributed by atoms with Crippen molar-refractivity contribution in [2.45, 2.75) is 13.1 Å². The molecule has 0 aliphatic heterocycles. The summed E-state index contributed by atoms with van der Waals surface area (Å²) in [7, 11) is 3.09. The van der Waals surface area contributed by atoms with Crippen molar-refractivity contribution in [3.63, 3.8) is 0 Å². The Balaban J connectivity index is 2.91. The molecule has 0 spiro atoms. The Morgan fingerprint density at radius 3 is 2.57 bits per heavy atom. The van der Waals surface area contributed by atoms with E-state index < -0.39 is 17.6 Å². The Kier molecular flexibility index (Phi) is 6.02. The fourth-order valence-electron chi connectivity index (χ4n) is 1.83. The SMILES string of the molecule is CNc1ccc(C(F)(F)F)cc1C(=O)NCC(C)COC. The molecule has 2 N–H and O–H groups in total. The quantitative estimate of drug-likeness (QED) is 0.849. The zero-order chi connectivity index (χ0) is 16.0. The highest BCUT2D eigenvalue weighted by atomic mass is 19.4. The number of nitrogens with one attached hydrogen (secondary N) is 2. The van der Waals surface area contributed by atoms with Crippen LogP contribution in [0, 0.1) is 5.92 Å². The molecule has 0 radical (unpaired) electrons. The van der Waals surface area contributed by atoms with Gasteiger partial charge in [-0.15, -0.1) is 0 Å². The molecule has 0 bridgehead atoms. The molecule has 21 heavy (non-hydrogen) atoms. The molecule has 1 aromatic carbocycles. The van der Waals surface area contributed by atoms with Crippen molar-refractivity contribution in [2.24, 2.45) is 5.92 Å². The summed E-state index contributed by atoms with van der Waals surface area (Å²) >= 11 is 0. The summed E-state index contributed by atoms with van der Waals surface area (Å²) in [6.45, 7) is 2.66. The molecule has 4 nitrogen and oxygen atoms in total. The average molecular weight is 304 g/mol. The van der Waals surface area contributed by atoms with Crippen molar-refractivity contribution < 1.29 is 22.7 Å². The number of amides is 1. The van der Waals surface area contributed by atoms with E-state index in [0.717, 1.165) is 12.1 Å². The number of carbonyl (C=O) groups is 1. The molecule has 118 valence electrons. The number of hydrogen-bond donors (Lipinski definition) is 2. The van der Waals surface area contributed by atoms with Gasteiger partial charge in [0, 0.05) is 26.4 Å². The molecule has 1 amide bonds. The van der Waals surface area contributed by atoms with Crippen LogP contribution in [-0.4, -0.2) is 33.2 Å². The van der Waals surface area contributed by atoms with Crippen molar-refractivity contribution in [3.8, 4) is 0 Å². The highest BCUT2D eigenvalue weighted by Gasteiger charge is 2.31. The lowest BCUT2D eigenvalue weighted by Gasteiger charge is -2.15. The van der Waals surface area contributed by atoms with Crippen LogP contribution in [0.25, 0.3) is 0 Å². The molecule has 1 aromatic rings. The Labute approximate surface area is 121 Å². The van der Waals surface area contributed by atoms with Gasteiger partial charge in [0.15, 0.2) is 0 Å². The third-order valence-electron chi connectivity index (χ3n) is 2.92. The second-order valence-corrected chi connectivity index (χ2v) is 4.78. The number of alkyl halides is 3. The van der Waals surface area contributed by atoms with E-state index in [0.29, 0.717) is 18.8 Å². The van der Waals surface area contributed by atoms with Gasteiger partial charge < -0.3 is 15.4 Å². The van der Waals surface area contributed by atoms with Crippen molar-refractivity contribution in [1.29, 1.82) is 0 Å². The van der Waals surface area contributed by atoms with Gasteiger partial charge in [0.2, 0.25) is 0 Å². The van der Waals surface area contributed by atoms with Crippen molar-refractivity contribution >= 4 is 11.6 Å². The molecule has 0 aliphatic rings. The van der Waals surface area contributed by atoms with Crippen LogP contribution in [0.2, 0.25) is 0 Å². The maximum Gasteiger partial charge on any atom is 0.416 e. The minimum absolute atomic E-state index is 0.0306. The summed E-state index contributed by atoms with van der Waals surface area (Å²) in [6, 6.07) is 3.04. The van der Waals surface area contributed by atoms with Crippen molar-refractivity contribution in [1.82, 2.24) is 5.32 Å². The molecule has 0 saturated carbocycles. The molecular formula is C14H19F3N2O2. The zero-order valence-electron chi connectivity index (χ0n) is 12.2. The summed E-state index contributed by atoms with van der Waals surface area (Å²) in [5.41, 5.74) is -0.534. The van der Waals surface area contributed by atoms with Gasteiger partial charge in [-0.1, -0.05) is 6.92 Å². The molecule has 7 heteroatoms. The first-order chi connectivity index (χ1) is 9.79. The molecule has 0 heterocycles. The third kappa shape index (κ3) is 4.93. The van der Waals surface area contributed by atoms with E-state index in [1.165, 1.54) is 6.07 Å². The molecule has 1 atom stereocenters. The first-order valence-corrected chi connectivity index (χ1v) is 6.45. The van der Waals surface area contributed by atoms with Gasteiger partial charge in [-0.3, -0.25) is 4.79 Å². The zero-order valence-corrected chi connectivity index (χ0v) is 12.2. The van der Waals surface area contributed by atoms with Crippen LogP contribution in [0.4, 0.5) is 18.9 Å². The molecule has 1 rings (SSSR count). The second-order valence-electron chi connectivity index (χ2n) is 4.78. The van der Waals surface area contributed by atoms with Crippen molar-refractivity contribution in [2.75, 3.05) is 32.6 Å². The molecule has 1 unspecified atom stereocenters. The van der Waals surface area contributed by atoms with E-state index in [1.54, 1.807) is 14.2 Å². The molecule has 0 aromatic heterocycles. The van der Waals surface area contributed by atoms with Gasteiger partial charge in [-0.25, -0.2) is 0 Å². The average Bonchev–Trinajstić information content (AvgIpc) is 2.43. The fraction of sp³-hybridized carbons (Fsp3) is 0.500. The Bertz CT molecular complexity index is 490. The van der Waals surface area contributed by atoms with Gasteiger partial charge in [-0.05, 0) is 24.1 Å². The standard InChI is InChI=1S/C14H19F3N2O2/c1-9(8-21-3)7-19-13(20)11-6-10(14(15,16)17)4-5-12(11)18-2/h4-6,9,18H,7-8H2,1-3H3,(H,19,20). The minimum Gasteiger partial charge on any atom is -0.387 e. The molecule has 0 aliphatic carbocycles. The summed E-state index contributed by atoms with van der Waals surface area (Å²) in [4.78, 5) is 12.1. The van der Waals surface area contributed by atoms with E-state index in [4.69, 9.17) is 4.74 Å². The van der Waals surface area contributed by atoms with Crippen LogP contribution < -0.4 is 10.6 Å². The number of halogens is 3. The minimum atomic E-state index is -4.48. The first-order valence-electron chi connectivity index (χ1n) is 6.45. The Morgan fingerprint density at radius 1 is 1.38 bits per heavy atom. The van der Waals surface area contributed by atoms with Crippen LogP contribution in [0.3, 0.4) is 0 Å². The van der Waals surface area contributed by atoms with E-state index in [2.05, 4.69) is 10.6 Å². The predicted octanol–water partition coefficient (Wildman–Crippen LogP) is 2.76. The fourth-order valence-corrected chi connectivity index (χ4v) is 1.83. The maximum absolute atomic E-state index is 12.7. The van der Waals surface area contributed by atoms with Crippen LogP contribution in [-0.2, 0) is 10.9 Å². The molecule has 0 saturated heterocycles. The monoisotopic (exact) mass is 304 g/mol. The molecular weight excluding hydrogens is 285 g/mol. The smallest absolute Gasteiger partial charge is 0.387 e. The van der Waals surface area contributed by atoms with Crippen LogP contribution in [0.5, 0.6) is 0 Å². The number of carbonyl (C=O) groups excluding carboxylic acids is 1. The van der Waals surface area contributed by atoms with Gasteiger partial charge in [0.1, 0.15) is 0 Å². The second kappa shape index (κ2) is 7.31. The summed E-state index contributed by atoms with van der Waals surface area (Å²) in [6.07, 6.45) is -4.48. The van der Waals surface area contributed by atoms with Gasteiger partial charge in [0.25, 0.3) is 5.91 Å². The third-order valence-corrected chi connectivity index (χ3v) is 2.92. The Morgan fingerprint density at radius 2 is 2.05 bits per heavy atom. The number of rotatable bonds is 6. The number of benzene rings is 1. The van der Waals surface area contributed by atoms with Gasteiger partial charge in [0.05, 0.1) is 17.7 Å². The van der Waals surface area contributed by atoms with E-state index in [9.17, 15) is 18.0 Å². The Hall–Kier alpha value is -1.76. The van der Waals surface area contributed by atoms with Crippen LogP contribution in [0.15, 0.2) is 18.2 Å². The largest absolute Gasteiger partial charge is 0.416 e. The highest BCUT2D eigenvalue weighted by Crippen LogP contribution is 2.31. The van der Waals surface area contributed by atoms with Gasteiger partial charge >= 0.3 is 6.18 Å². The van der Waals surface area contributed by atoms with Gasteiger partial charge in [-0.2, -0.15) is 13.2 Å². The lowest BCUT2D eigenvalue weighted by Crippen LogP contribution is -2.30. The van der Waals surface area contributed by atoms with Crippen molar-refractivity contribution in [3.05, 3.63) is 29.3 Å². The van der Waals surface area contributed by atoms with E-state index in [-0.39, 0.29) is 11.5 Å². The lowest BCUT2D eigenvalue weighted by molar-refractivity contribution is -0.137. The lowest BCUT2D eigenvalue weighted by atomic mass is 10.1. The van der Waals surface area contributed by atoms with Crippen LogP contribution in [0.1, 0.15) is 22.8 Å². The van der Waals surface area contributed by atoms with E-state index >= 15 is 0 Å². The summed E-state index contributed by atoms with van der Waals surface area (Å²) < 4.78 is 43.1. The number of methoxy groups -OCH3 is 1. The highest BCUT2D eigenvalue weighted by molar-refractivity contribution is 5.99. The number of ether oxygens (including phenoxy) is 1. The first kappa shape index (κ1) is 17.3. The maximum atomic E-state index is 12.7. The topological polar surface area (TPSA) is 50.4 Å². The molecule has 0 fully saturated rings. The number of anilines is 1. The normalized spacial score (nSPS) is 12.9. The van der Waals surface area contributed by atoms with E-state index in [1.807, 2.05) is 6.92 Å². The predicted molar refractivity (Wildman–Crippen MR) is 74.4 cm³/mol. The van der Waals surface area contributed by atoms with Crippen LogP contribution >= 0.6 is 0 Å². The number of hydrogen-bond acceptors (Lipinski definition) is 3.